The SMILES string of the molecule is O=COC(CCCI)c1ccc2c(c1)OCO2. The van der Waals surface area contributed by atoms with Gasteiger partial charge >= 0.3 is 0 Å². The average molecular weight is 348 g/mol. The van der Waals surface area contributed by atoms with E-state index in [1.54, 1.807) is 0 Å². The largest absolute Gasteiger partial charge is 0.460 e. The van der Waals surface area contributed by atoms with Crippen LogP contribution in [-0.2, 0) is 9.53 Å². The van der Waals surface area contributed by atoms with Gasteiger partial charge in [0.15, 0.2) is 11.5 Å². The Kier molecular flexibility index (Phi) is 4.47. The predicted octanol–water partition coefficient (Wildman–Crippen LogP) is 2.84. The third-order valence-corrected chi connectivity index (χ3v) is 3.35. The molecule has 0 N–H and O–H groups in total. The van der Waals surface area contributed by atoms with Crippen LogP contribution in [-0.4, -0.2) is 17.7 Å². The maximum absolute atomic E-state index is 10.5. The number of alkyl halides is 1. The standard InChI is InChI=1S/C12H13IO4/c13-5-1-2-10(15-7-14)9-3-4-11-12(6-9)17-8-16-11/h3-4,6-7,10H,1-2,5,8H2. The van der Waals surface area contributed by atoms with Gasteiger partial charge in [0.2, 0.25) is 6.79 Å². The van der Waals surface area contributed by atoms with Crippen LogP contribution in [0, 0.1) is 0 Å². The van der Waals surface area contributed by atoms with Crippen molar-refractivity contribution >= 4 is 29.1 Å². The molecular formula is C12H13IO4. The van der Waals surface area contributed by atoms with Crippen molar-refractivity contribution in [2.24, 2.45) is 0 Å². The van der Waals surface area contributed by atoms with Gasteiger partial charge in [0.1, 0.15) is 6.10 Å². The molecule has 0 aromatic heterocycles. The number of rotatable bonds is 6. The van der Waals surface area contributed by atoms with Crippen LogP contribution in [0.2, 0.25) is 0 Å². The van der Waals surface area contributed by atoms with Crippen molar-refractivity contribution in [1.82, 2.24) is 0 Å². The Morgan fingerprint density at radius 2 is 2.24 bits per heavy atom. The number of hydrogen-bond donors (Lipinski definition) is 0. The van der Waals surface area contributed by atoms with Gasteiger partial charge in [-0.3, -0.25) is 4.79 Å². The van der Waals surface area contributed by atoms with E-state index in [0.717, 1.165) is 34.3 Å². The molecule has 2 rings (SSSR count). The molecule has 0 saturated carbocycles. The van der Waals surface area contributed by atoms with Gasteiger partial charge in [0, 0.05) is 0 Å². The zero-order chi connectivity index (χ0) is 12.1. The lowest BCUT2D eigenvalue weighted by Crippen LogP contribution is -2.03. The quantitative estimate of drug-likeness (QED) is 0.451. The highest BCUT2D eigenvalue weighted by Gasteiger charge is 2.18. The van der Waals surface area contributed by atoms with Crippen LogP contribution >= 0.6 is 22.6 Å². The molecule has 5 heteroatoms. The van der Waals surface area contributed by atoms with Gasteiger partial charge < -0.3 is 14.2 Å². The van der Waals surface area contributed by atoms with Gasteiger partial charge in [-0.25, -0.2) is 0 Å². The van der Waals surface area contributed by atoms with Crippen LogP contribution in [0.5, 0.6) is 11.5 Å². The summed E-state index contributed by atoms with van der Waals surface area (Å²) in [5.74, 6) is 1.46. The number of carbonyl (C=O) groups excluding carboxylic acids is 1. The van der Waals surface area contributed by atoms with Crippen LogP contribution in [0.15, 0.2) is 18.2 Å². The van der Waals surface area contributed by atoms with Crippen LogP contribution in [0.25, 0.3) is 0 Å². The number of carbonyl (C=O) groups is 1. The van der Waals surface area contributed by atoms with E-state index in [2.05, 4.69) is 22.6 Å². The highest BCUT2D eigenvalue weighted by molar-refractivity contribution is 14.1. The minimum atomic E-state index is -0.197. The summed E-state index contributed by atoms with van der Waals surface area (Å²) in [6.45, 7) is 0.758. The molecule has 17 heavy (non-hydrogen) atoms. The van der Waals surface area contributed by atoms with Gasteiger partial charge in [0.05, 0.1) is 0 Å². The summed E-state index contributed by atoms with van der Waals surface area (Å²) in [6, 6.07) is 5.64. The highest BCUT2D eigenvalue weighted by atomic mass is 127. The summed E-state index contributed by atoms with van der Waals surface area (Å²) in [5.41, 5.74) is 0.950. The molecule has 0 fully saturated rings. The fraction of sp³-hybridized carbons (Fsp3) is 0.417. The zero-order valence-corrected chi connectivity index (χ0v) is 11.4. The first kappa shape index (κ1) is 12.5. The van der Waals surface area contributed by atoms with Crippen molar-refractivity contribution < 1.29 is 19.0 Å². The Morgan fingerprint density at radius 1 is 1.41 bits per heavy atom. The number of ether oxygens (including phenoxy) is 3. The van der Waals surface area contributed by atoms with Crippen LogP contribution in [0.1, 0.15) is 24.5 Å². The van der Waals surface area contributed by atoms with Crippen molar-refractivity contribution in [2.75, 3.05) is 11.2 Å². The molecule has 4 nitrogen and oxygen atoms in total. The van der Waals surface area contributed by atoms with Crippen molar-refractivity contribution in [3.05, 3.63) is 23.8 Å². The topological polar surface area (TPSA) is 44.8 Å². The Bertz CT molecular complexity index is 394. The third kappa shape index (κ3) is 3.02. The van der Waals surface area contributed by atoms with Crippen LogP contribution < -0.4 is 9.47 Å². The first-order chi connectivity index (χ1) is 8.35. The minimum Gasteiger partial charge on any atom is -0.460 e. The molecular weight excluding hydrogens is 335 g/mol. The second-order valence-corrected chi connectivity index (χ2v) is 4.74. The van der Waals surface area contributed by atoms with Crippen molar-refractivity contribution in [3.8, 4) is 11.5 Å². The monoisotopic (exact) mass is 348 g/mol. The number of benzene rings is 1. The lowest BCUT2D eigenvalue weighted by atomic mass is 10.0. The van der Waals surface area contributed by atoms with Crippen molar-refractivity contribution in [1.29, 1.82) is 0 Å². The average Bonchev–Trinajstić information content (AvgIpc) is 2.81. The van der Waals surface area contributed by atoms with Crippen LogP contribution in [0.3, 0.4) is 0 Å². The molecule has 0 amide bonds. The molecule has 0 aliphatic carbocycles. The Labute approximate surface area is 113 Å². The highest BCUT2D eigenvalue weighted by Crippen LogP contribution is 2.35. The first-order valence-electron chi connectivity index (χ1n) is 5.39. The Morgan fingerprint density at radius 3 is 3.00 bits per heavy atom. The molecule has 1 aromatic rings. The number of hydrogen-bond acceptors (Lipinski definition) is 4. The van der Waals surface area contributed by atoms with E-state index in [9.17, 15) is 4.79 Å². The van der Waals surface area contributed by atoms with Gasteiger partial charge in [-0.2, -0.15) is 0 Å². The van der Waals surface area contributed by atoms with E-state index in [4.69, 9.17) is 14.2 Å². The van der Waals surface area contributed by atoms with Crippen molar-refractivity contribution in [2.45, 2.75) is 18.9 Å². The maximum atomic E-state index is 10.5. The molecule has 1 aliphatic rings. The zero-order valence-electron chi connectivity index (χ0n) is 9.23. The normalized spacial score (nSPS) is 14.4. The molecule has 92 valence electrons. The number of fused-ring (bicyclic) bond motifs is 1. The molecule has 0 radical (unpaired) electrons. The Hall–Kier alpha value is -0.980. The minimum absolute atomic E-state index is 0.197. The summed E-state index contributed by atoms with van der Waals surface area (Å²) in [5, 5.41) is 0. The van der Waals surface area contributed by atoms with E-state index in [1.807, 2.05) is 18.2 Å². The van der Waals surface area contributed by atoms with E-state index >= 15 is 0 Å². The van der Waals surface area contributed by atoms with E-state index in [1.165, 1.54) is 0 Å². The summed E-state index contributed by atoms with van der Waals surface area (Å²) < 4.78 is 16.7. The molecule has 1 aliphatic heterocycles. The summed E-state index contributed by atoms with van der Waals surface area (Å²) >= 11 is 2.31. The lowest BCUT2D eigenvalue weighted by molar-refractivity contribution is -0.134. The van der Waals surface area contributed by atoms with E-state index < -0.39 is 0 Å². The van der Waals surface area contributed by atoms with Crippen molar-refractivity contribution in [3.63, 3.8) is 0 Å². The molecule has 1 atom stereocenters. The molecule has 0 saturated heterocycles. The molecule has 1 aromatic carbocycles. The van der Waals surface area contributed by atoms with Gasteiger partial charge in [-0.1, -0.05) is 28.7 Å². The smallest absolute Gasteiger partial charge is 0.293 e. The second kappa shape index (κ2) is 6.09. The summed E-state index contributed by atoms with van der Waals surface area (Å²) in [4.78, 5) is 10.5. The Balaban J connectivity index is 2.14. The molecule has 0 spiro atoms. The molecule has 1 heterocycles. The maximum Gasteiger partial charge on any atom is 0.293 e. The molecule has 1 unspecified atom stereocenters. The van der Waals surface area contributed by atoms with Gasteiger partial charge in [-0.05, 0) is 35.0 Å². The fourth-order valence-electron chi connectivity index (χ4n) is 1.76. The van der Waals surface area contributed by atoms with E-state index in [-0.39, 0.29) is 12.9 Å². The predicted molar refractivity (Wildman–Crippen MR) is 70.6 cm³/mol. The van der Waals surface area contributed by atoms with E-state index in [0.29, 0.717) is 6.47 Å². The number of halogens is 1. The van der Waals surface area contributed by atoms with Gasteiger partial charge in [0.25, 0.3) is 6.47 Å². The third-order valence-electron chi connectivity index (χ3n) is 2.59. The first-order valence-corrected chi connectivity index (χ1v) is 6.92. The van der Waals surface area contributed by atoms with Crippen LogP contribution in [0.4, 0.5) is 0 Å². The second-order valence-electron chi connectivity index (χ2n) is 3.66. The summed E-state index contributed by atoms with van der Waals surface area (Å²) in [7, 11) is 0. The van der Waals surface area contributed by atoms with Gasteiger partial charge in [-0.15, -0.1) is 0 Å². The lowest BCUT2D eigenvalue weighted by Gasteiger charge is -2.15. The molecule has 0 bridgehead atoms. The summed E-state index contributed by atoms with van der Waals surface area (Å²) in [6.07, 6.45) is 1.63. The fourth-order valence-corrected chi connectivity index (χ4v) is 2.20.